The second-order valence-electron chi connectivity index (χ2n) is 6.12. The van der Waals surface area contributed by atoms with E-state index < -0.39 is 0 Å². The topological polar surface area (TPSA) is 29.5 Å². The van der Waals surface area contributed by atoms with Crippen molar-refractivity contribution in [2.75, 3.05) is 13.2 Å². The van der Waals surface area contributed by atoms with Crippen LogP contribution in [0, 0.1) is 0 Å². The highest BCUT2D eigenvalue weighted by Crippen LogP contribution is 2.36. The molecular weight excluding hydrogens is 421 g/mol. The van der Waals surface area contributed by atoms with Crippen LogP contribution in [-0.2, 0) is 17.6 Å². The number of rotatable bonds is 7. The van der Waals surface area contributed by atoms with Crippen LogP contribution in [0.1, 0.15) is 18.1 Å². The number of nitrogens with zero attached hydrogens (tertiary/aromatic N) is 1. The number of halogens is 2. The van der Waals surface area contributed by atoms with Gasteiger partial charge in [-0.1, -0.05) is 77.5 Å². The number of carbonyl (C=O) groups is 1. The summed E-state index contributed by atoms with van der Waals surface area (Å²) < 4.78 is 6.09. The average molecular weight is 440 g/mol. The van der Waals surface area contributed by atoms with E-state index >= 15 is 0 Å². The smallest absolute Gasteiger partial charge is 0.241 e. The van der Waals surface area contributed by atoms with Crippen molar-refractivity contribution in [3.63, 3.8) is 0 Å². The molecule has 0 spiro atoms. The van der Waals surface area contributed by atoms with Gasteiger partial charge >= 0.3 is 0 Å². The normalized spacial score (nSPS) is 16.9. The molecule has 1 amide bonds. The Bertz CT molecular complexity index is 822. The molecule has 1 atom stereocenters. The monoisotopic (exact) mass is 439 g/mol. The van der Waals surface area contributed by atoms with Gasteiger partial charge in [-0.15, -0.1) is 0 Å². The molecule has 0 aliphatic carbocycles. The third-order valence-electron chi connectivity index (χ3n) is 4.24. The molecule has 142 valence electrons. The van der Waals surface area contributed by atoms with Crippen LogP contribution in [0.5, 0.6) is 5.75 Å². The molecule has 0 aromatic heterocycles. The Labute approximate surface area is 179 Å². The molecule has 1 saturated heterocycles. The van der Waals surface area contributed by atoms with Gasteiger partial charge in [0.05, 0.1) is 21.9 Å². The van der Waals surface area contributed by atoms with E-state index in [9.17, 15) is 4.79 Å². The van der Waals surface area contributed by atoms with E-state index in [1.807, 2.05) is 37.3 Å². The van der Waals surface area contributed by atoms with Gasteiger partial charge in [-0.05, 0) is 43.0 Å². The lowest BCUT2D eigenvalue weighted by atomic mass is 10.1. The van der Waals surface area contributed by atoms with Crippen molar-refractivity contribution in [1.82, 2.24) is 4.90 Å². The molecule has 1 heterocycles. The Morgan fingerprint density at radius 3 is 2.44 bits per heavy atom. The molecule has 2 aromatic rings. The Hall–Kier alpha value is -1.27. The third-order valence-corrected chi connectivity index (χ3v) is 6.39. The van der Waals surface area contributed by atoms with E-state index in [-0.39, 0.29) is 11.2 Å². The van der Waals surface area contributed by atoms with Gasteiger partial charge < -0.3 is 4.74 Å². The highest BCUT2D eigenvalue weighted by Gasteiger charge is 2.36. The molecule has 1 fully saturated rings. The first-order valence-electron chi connectivity index (χ1n) is 8.66. The maximum Gasteiger partial charge on any atom is 0.241 e. The van der Waals surface area contributed by atoms with Gasteiger partial charge in [0, 0.05) is 6.54 Å². The SMILES string of the molecule is CCOc1c(Cl)cc(C[C@H]2SC(=S)N(CCc3ccccc3)C2=O)cc1Cl. The largest absolute Gasteiger partial charge is 0.491 e. The standard InChI is InChI=1S/C20H19Cl2NO2S2/c1-2-25-18-15(21)10-14(11-16(18)22)12-17-19(24)23(20(26)27-17)9-8-13-6-4-3-5-7-13/h3-7,10-11,17H,2,8-9,12H2,1H3/t17-/m1/s1. The highest BCUT2D eigenvalue weighted by molar-refractivity contribution is 8.24. The van der Waals surface area contributed by atoms with Crippen LogP contribution in [0.3, 0.4) is 0 Å². The number of amides is 1. The molecule has 0 bridgehead atoms. The maximum absolute atomic E-state index is 12.8. The third kappa shape index (κ3) is 4.96. The summed E-state index contributed by atoms with van der Waals surface area (Å²) in [7, 11) is 0. The number of ether oxygens (including phenoxy) is 1. The summed E-state index contributed by atoms with van der Waals surface area (Å²) in [5.74, 6) is 0.525. The average Bonchev–Trinajstić information content (AvgIpc) is 2.90. The van der Waals surface area contributed by atoms with E-state index in [1.165, 1.54) is 17.3 Å². The molecule has 3 rings (SSSR count). The fourth-order valence-corrected chi connectivity index (χ4v) is 5.17. The molecule has 27 heavy (non-hydrogen) atoms. The zero-order chi connectivity index (χ0) is 19.4. The highest BCUT2D eigenvalue weighted by atomic mass is 35.5. The second kappa shape index (κ2) is 9.28. The minimum atomic E-state index is -0.252. The van der Waals surface area contributed by atoms with E-state index in [2.05, 4.69) is 12.1 Å². The van der Waals surface area contributed by atoms with E-state index in [1.54, 1.807) is 4.90 Å². The number of hydrogen-bond donors (Lipinski definition) is 0. The van der Waals surface area contributed by atoms with Crippen molar-refractivity contribution in [2.24, 2.45) is 0 Å². The minimum absolute atomic E-state index is 0.0436. The van der Waals surface area contributed by atoms with Crippen LogP contribution in [0.2, 0.25) is 10.0 Å². The van der Waals surface area contributed by atoms with Crippen molar-refractivity contribution in [3.05, 3.63) is 63.6 Å². The van der Waals surface area contributed by atoms with E-state index in [0.29, 0.717) is 39.7 Å². The Balaban J connectivity index is 1.66. The first kappa shape index (κ1) is 20.5. The summed E-state index contributed by atoms with van der Waals surface area (Å²) in [4.78, 5) is 14.5. The summed E-state index contributed by atoms with van der Waals surface area (Å²) in [6.45, 7) is 2.95. The molecule has 1 aliphatic rings. The van der Waals surface area contributed by atoms with E-state index in [0.717, 1.165) is 12.0 Å². The lowest BCUT2D eigenvalue weighted by molar-refractivity contribution is -0.126. The van der Waals surface area contributed by atoms with Gasteiger partial charge in [-0.3, -0.25) is 9.69 Å². The molecule has 0 radical (unpaired) electrons. The Morgan fingerprint density at radius 1 is 1.15 bits per heavy atom. The van der Waals surface area contributed by atoms with Gasteiger partial charge in [0.25, 0.3) is 0 Å². The number of thiocarbonyl (C=S) groups is 1. The van der Waals surface area contributed by atoms with E-state index in [4.69, 9.17) is 40.2 Å². The van der Waals surface area contributed by atoms with Crippen LogP contribution in [0.25, 0.3) is 0 Å². The van der Waals surface area contributed by atoms with Gasteiger partial charge in [0.15, 0.2) is 5.75 Å². The zero-order valence-electron chi connectivity index (χ0n) is 14.8. The molecule has 2 aromatic carbocycles. The van der Waals surface area contributed by atoms with Gasteiger partial charge in [-0.2, -0.15) is 0 Å². The molecule has 7 heteroatoms. The predicted molar refractivity (Wildman–Crippen MR) is 117 cm³/mol. The lowest BCUT2D eigenvalue weighted by Crippen LogP contribution is -2.33. The van der Waals surface area contributed by atoms with Crippen LogP contribution in [0.15, 0.2) is 42.5 Å². The second-order valence-corrected chi connectivity index (χ2v) is 8.77. The Kier molecular flexibility index (Phi) is 7.04. The van der Waals surface area contributed by atoms with Crippen LogP contribution in [-0.4, -0.2) is 33.5 Å². The fraction of sp³-hybridized carbons (Fsp3) is 0.300. The molecule has 0 saturated carbocycles. The Morgan fingerprint density at radius 2 is 1.81 bits per heavy atom. The summed E-state index contributed by atoms with van der Waals surface area (Å²) >= 11 is 19.4. The van der Waals surface area contributed by atoms with Crippen molar-refractivity contribution in [1.29, 1.82) is 0 Å². The number of thioether (sulfide) groups is 1. The van der Waals surface area contributed by atoms with Crippen LogP contribution in [0.4, 0.5) is 0 Å². The predicted octanol–water partition coefficient (Wildman–Crippen LogP) is 5.41. The molecular formula is C20H19Cl2NO2S2. The molecule has 0 N–H and O–H groups in total. The van der Waals surface area contributed by atoms with Crippen molar-refractivity contribution >= 4 is 57.4 Å². The number of hydrogen-bond acceptors (Lipinski definition) is 4. The lowest BCUT2D eigenvalue weighted by Gasteiger charge is -2.16. The van der Waals surface area contributed by atoms with Gasteiger partial charge in [-0.25, -0.2) is 0 Å². The summed E-state index contributed by atoms with van der Waals surface area (Å²) in [5.41, 5.74) is 2.08. The number of benzene rings is 2. The quantitative estimate of drug-likeness (QED) is 0.539. The van der Waals surface area contributed by atoms with Crippen molar-refractivity contribution in [2.45, 2.75) is 25.0 Å². The molecule has 1 aliphatic heterocycles. The first-order valence-corrected chi connectivity index (χ1v) is 10.7. The summed E-state index contributed by atoms with van der Waals surface area (Å²) in [6.07, 6.45) is 1.30. The van der Waals surface area contributed by atoms with Crippen LogP contribution < -0.4 is 4.74 Å². The molecule has 0 unspecified atom stereocenters. The van der Waals surface area contributed by atoms with Crippen molar-refractivity contribution < 1.29 is 9.53 Å². The summed E-state index contributed by atoms with van der Waals surface area (Å²) in [6, 6.07) is 13.7. The summed E-state index contributed by atoms with van der Waals surface area (Å²) in [5, 5.41) is 0.662. The fourth-order valence-electron chi connectivity index (χ4n) is 2.94. The van der Waals surface area contributed by atoms with Gasteiger partial charge in [0.1, 0.15) is 4.32 Å². The van der Waals surface area contributed by atoms with Crippen molar-refractivity contribution in [3.8, 4) is 5.75 Å². The van der Waals surface area contributed by atoms with Gasteiger partial charge in [0.2, 0.25) is 5.91 Å². The maximum atomic E-state index is 12.8. The zero-order valence-corrected chi connectivity index (χ0v) is 17.9. The number of carbonyl (C=O) groups excluding carboxylic acids is 1. The molecule has 3 nitrogen and oxygen atoms in total. The minimum Gasteiger partial charge on any atom is -0.491 e. The van der Waals surface area contributed by atoms with Crippen LogP contribution >= 0.6 is 47.2 Å². The first-order chi connectivity index (χ1) is 13.0.